The first-order chi connectivity index (χ1) is 13.9. The summed E-state index contributed by atoms with van der Waals surface area (Å²) in [7, 11) is -3.49. The van der Waals surface area contributed by atoms with Crippen molar-refractivity contribution < 1.29 is 13.2 Å². The topological polar surface area (TPSA) is 75.5 Å². The second-order valence-corrected chi connectivity index (χ2v) is 10.1. The summed E-state index contributed by atoms with van der Waals surface area (Å²) < 4.78 is 29.4. The van der Waals surface area contributed by atoms with Crippen molar-refractivity contribution in [2.75, 3.05) is 26.2 Å². The molecule has 0 aliphatic carbocycles. The highest BCUT2D eigenvalue weighted by Crippen LogP contribution is 2.25. The van der Waals surface area contributed by atoms with E-state index in [0.29, 0.717) is 43.7 Å². The molecule has 0 radical (unpaired) electrons. The summed E-state index contributed by atoms with van der Waals surface area (Å²) in [5, 5.41) is 0. The Hall–Kier alpha value is -2.19. The van der Waals surface area contributed by atoms with E-state index in [4.69, 9.17) is 0 Å². The highest BCUT2D eigenvalue weighted by Gasteiger charge is 2.29. The van der Waals surface area contributed by atoms with E-state index in [9.17, 15) is 13.2 Å². The lowest BCUT2D eigenvalue weighted by Crippen LogP contribution is -2.39. The molecule has 1 aromatic heterocycles. The van der Waals surface area contributed by atoms with E-state index in [1.807, 2.05) is 17.4 Å². The molecule has 4 rings (SSSR count). The molecule has 0 unspecified atom stereocenters. The minimum Gasteiger partial charge on any atom is -0.338 e. The number of imidazole rings is 1. The molecule has 7 nitrogen and oxygen atoms in total. The van der Waals surface area contributed by atoms with E-state index in [1.54, 1.807) is 34.8 Å². The fourth-order valence-electron chi connectivity index (χ4n) is 4.18. The van der Waals surface area contributed by atoms with Gasteiger partial charge in [0.25, 0.3) is 5.91 Å². The minimum absolute atomic E-state index is 0.0372. The molecule has 2 aliphatic heterocycles. The van der Waals surface area contributed by atoms with E-state index < -0.39 is 10.0 Å². The second kappa shape index (κ2) is 8.28. The highest BCUT2D eigenvalue weighted by atomic mass is 32.2. The Morgan fingerprint density at radius 3 is 2.24 bits per heavy atom. The molecule has 0 N–H and O–H groups in total. The first kappa shape index (κ1) is 20.1. The zero-order chi connectivity index (χ0) is 20.4. The summed E-state index contributed by atoms with van der Waals surface area (Å²) in [6.07, 6.45) is 9.13. The van der Waals surface area contributed by atoms with E-state index in [2.05, 4.69) is 16.5 Å². The Kier molecular flexibility index (Phi) is 5.74. The average Bonchev–Trinajstić information content (AvgIpc) is 3.29. The predicted molar refractivity (Wildman–Crippen MR) is 110 cm³/mol. The van der Waals surface area contributed by atoms with Gasteiger partial charge in [-0.2, -0.15) is 4.31 Å². The molecule has 1 amide bonds. The molecule has 2 fully saturated rings. The van der Waals surface area contributed by atoms with Crippen LogP contribution in [0.2, 0.25) is 0 Å². The summed E-state index contributed by atoms with van der Waals surface area (Å²) in [4.78, 5) is 19.0. The number of piperidine rings is 2. The Morgan fingerprint density at radius 2 is 1.66 bits per heavy atom. The third-order valence-electron chi connectivity index (χ3n) is 6.18. The third-order valence-corrected chi connectivity index (χ3v) is 8.09. The Morgan fingerprint density at radius 1 is 1.00 bits per heavy atom. The van der Waals surface area contributed by atoms with Gasteiger partial charge < -0.3 is 9.47 Å². The van der Waals surface area contributed by atoms with Crippen LogP contribution < -0.4 is 0 Å². The van der Waals surface area contributed by atoms with Gasteiger partial charge in [-0.15, -0.1) is 0 Å². The minimum atomic E-state index is -3.49. The van der Waals surface area contributed by atoms with E-state index >= 15 is 0 Å². The normalized spacial score (nSPS) is 20.1. The SMILES string of the molecule is CC1CCN(S(=O)(=O)c2ccc(C(=O)N3CCC(n4ccnc4)CC3)cc2)CC1. The molecule has 156 valence electrons. The molecule has 2 saturated heterocycles. The number of rotatable bonds is 4. The van der Waals surface area contributed by atoms with Gasteiger partial charge in [0.05, 0.1) is 11.2 Å². The standard InChI is InChI=1S/C21H28N4O3S/c1-17-6-13-25(14-7-17)29(27,28)20-4-2-18(3-5-20)21(26)23-11-8-19(9-12-23)24-15-10-22-16-24/h2-5,10,15-17,19H,6-9,11-14H2,1H3. The van der Waals surface area contributed by atoms with Gasteiger partial charge in [0.1, 0.15) is 0 Å². The first-order valence-corrected chi connectivity index (χ1v) is 11.8. The van der Waals surface area contributed by atoms with Crippen molar-refractivity contribution in [2.24, 2.45) is 5.92 Å². The van der Waals surface area contributed by atoms with Crippen molar-refractivity contribution in [3.8, 4) is 0 Å². The zero-order valence-corrected chi connectivity index (χ0v) is 17.6. The van der Waals surface area contributed by atoms with Gasteiger partial charge in [-0.25, -0.2) is 13.4 Å². The number of aromatic nitrogens is 2. The number of amides is 1. The molecule has 29 heavy (non-hydrogen) atoms. The van der Waals surface area contributed by atoms with Crippen LogP contribution in [-0.4, -0.2) is 59.3 Å². The molecule has 2 aliphatic rings. The van der Waals surface area contributed by atoms with E-state index in [-0.39, 0.29) is 10.8 Å². The number of hydrogen-bond donors (Lipinski definition) is 0. The van der Waals surface area contributed by atoms with Crippen molar-refractivity contribution >= 4 is 15.9 Å². The Labute approximate surface area is 172 Å². The quantitative estimate of drug-likeness (QED) is 0.768. The lowest BCUT2D eigenvalue weighted by Gasteiger charge is -2.32. The summed E-state index contributed by atoms with van der Waals surface area (Å²) in [5.41, 5.74) is 0.539. The van der Waals surface area contributed by atoms with Crippen LogP contribution in [0, 0.1) is 5.92 Å². The van der Waals surface area contributed by atoms with Gasteiger partial charge in [-0.3, -0.25) is 4.79 Å². The van der Waals surface area contributed by atoms with Crippen LogP contribution in [0.15, 0.2) is 47.9 Å². The van der Waals surface area contributed by atoms with Crippen LogP contribution in [-0.2, 0) is 10.0 Å². The molecule has 8 heteroatoms. The average molecular weight is 417 g/mol. The summed E-state index contributed by atoms with van der Waals surface area (Å²) in [6, 6.07) is 6.80. The molecular weight excluding hydrogens is 388 g/mol. The number of benzene rings is 1. The zero-order valence-electron chi connectivity index (χ0n) is 16.8. The molecular formula is C21H28N4O3S. The Balaban J connectivity index is 1.39. The van der Waals surface area contributed by atoms with Gasteiger partial charge in [0.15, 0.2) is 0 Å². The number of sulfonamides is 1. The lowest BCUT2D eigenvalue weighted by molar-refractivity contribution is 0.0694. The molecule has 0 bridgehead atoms. The van der Waals surface area contributed by atoms with Crippen molar-refractivity contribution in [2.45, 2.75) is 43.5 Å². The summed E-state index contributed by atoms with van der Waals surface area (Å²) >= 11 is 0. The second-order valence-electron chi connectivity index (χ2n) is 8.14. The van der Waals surface area contributed by atoms with Crippen LogP contribution in [0.3, 0.4) is 0 Å². The van der Waals surface area contributed by atoms with Crippen LogP contribution in [0.5, 0.6) is 0 Å². The van der Waals surface area contributed by atoms with Crippen LogP contribution in [0.25, 0.3) is 0 Å². The number of carbonyl (C=O) groups is 1. The number of hydrogen-bond acceptors (Lipinski definition) is 4. The first-order valence-electron chi connectivity index (χ1n) is 10.3. The fraction of sp³-hybridized carbons (Fsp3) is 0.524. The molecule has 1 aromatic carbocycles. The molecule has 0 saturated carbocycles. The summed E-state index contributed by atoms with van der Waals surface area (Å²) in [5.74, 6) is 0.532. The molecule has 3 heterocycles. The van der Waals surface area contributed by atoms with E-state index in [0.717, 1.165) is 25.7 Å². The van der Waals surface area contributed by atoms with Crippen LogP contribution in [0.1, 0.15) is 49.0 Å². The number of nitrogens with zero attached hydrogens (tertiary/aromatic N) is 4. The van der Waals surface area contributed by atoms with Crippen molar-refractivity contribution in [1.29, 1.82) is 0 Å². The molecule has 2 aromatic rings. The summed E-state index contributed by atoms with van der Waals surface area (Å²) in [6.45, 7) is 4.66. The number of likely N-dealkylation sites (tertiary alicyclic amines) is 1. The van der Waals surface area contributed by atoms with Gasteiger partial charge in [0, 0.05) is 50.2 Å². The highest BCUT2D eigenvalue weighted by molar-refractivity contribution is 7.89. The fourth-order valence-corrected chi connectivity index (χ4v) is 5.65. The number of carbonyl (C=O) groups excluding carboxylic acids is 1. The molecule has 0 spiro atoms. The monoisotopic (exact) mass is 416 g/mol. The third kappa shape index (κ3) is 4.23. The predicted octanol–water partition coefficient (Wildman–Crippen LogP) is 2.78. The maximum Gasteiger partial charge on any atom is 0.253 e. The van der Waals surface area contributed by atoms with Gasteiger partial charge in [0.2, 0.25) is 10.0 Å². The van der Waals surface area contributed by atoms with Gasteiger partial charge in [-0.05, 0) is 55.9 Å². The van der Waals surface area contributed by atoms with Gasteiger partial charge >= 0.3 is 0 Å². The van der Waals surface area contributed by atoms with Crippen molar-refractivity contribution in [3.05, 3.63) is 48.5 Å². The van der Waals surface area contributed by atoms with E-state index in [1.165, 1.54) is 0 Å². The maximum atomic E-state index is 12.8. The lowest BCUT2D eigenvalue weighted by atomic mass is 10.0. The molecule has 0 atom stereocenters. The van der Waals surface area contributed by atoms with Crippen LogP contribution >= 0.6 is 0 Å². The van der Waals surface area contributed by atoms with Crippen molar-refractivity contribution in [3.63, 3.8) is 0 Å². The van der Waals surface area contributed by atoms with Crippen LogP contribution in [0.4, 0.5) is 0 Å². The van der Waals surface area contributed by atoms with Gasteiger partial charge in [-0.1, -0.05) is 6.92 Å². The van der Waals surface area contributed by atoms with Crippen molar-refractivity contribution in [1.82, 2.24) is 18.8 Å². The largest absolute Gasteiger partial charge is 0.338 e. The smallest absolute Gasteiger partial charge is 0.253 e. The maximum absolute atomic E-state index is 12.8. The Bertz CT molecular complexity index is 925.